The standard InChI is InChI=1S/C13H16N2O3/c1-8-3-2-4-10(11(8)16)13(18)15-6-5-9(7-15)12(14)17/h2-4,9,16H,5-7H2,1H3,(H2,14,17). The maximum absolute atomic E-state index is 12.2. The number of phenols is 1. The molecule has 5 nitrogen and oxygen atoms in total. The number of primary amides is 1. The van der Waals surface area contributed by atoms with Crippen LogP contribution in [0.3, 0.4) is 0 Å². The molecule has 0 aromatic heterocycles. The molecule has 0 spiro atoms. The molecular formula is C13H16N2O3. The van der Waals surface area contributed by atoms with E-state index in [1.807, 2.05) is 0 Å². The van der Waals surface area contributed by atoms with Gasteiger partial charge < -0.3 is 15.7 Å². The Kier molecular flexibility index (Phi) is 3.23. The van der Waals surface area contributed by atoms with Crippen LogP contribution >= 0.6 is 0 Å². The van der Waals surface area contributed by atoms with E-state index in [4.69, 9.17) is 5.73 Å². The molecule has 1 aromatic rings. The Bertz CT molecular complexity index is 499. The zero-order valence-corrected chi connectivity index (χ0v) is 10.2. The van der Waals surface area contributed by atoms with Crippen molar-refractivity contribution in [2.45, 2.75) is 13.3 Å². The number of nitrogens with two attached hydrogens (primary N) is 1. The summed E-state index contributed by atoms with van der Waals surface area (Å²) in [5, 5.41) is 9.86. The Hall–Kier alpha value is -2.04. The van der Waals surface area contributed by atoms with Crippen molar-refractivity contribution in [2.75, 3.05) is 13.1 Å². The number of amides is 2. The maximum Gasteiger partial charge on any atom is 0.257 e. The van der Waals surface area contributed by atoms with Crippen molar-refractivity contribution in [1.82, 2.24) is 4.90 Å². The third-order valence-corrected chi connectivity index (χ3v) is 3.35. The van der Waals surface area contributed by atoms with Crippen molar-refractivity contribution >= 4 is 11.8 Å². The summed E-state index contributed by atoms with van der Waals surface area (Å²) in [7, 11) is 0. The molecule has 0 saturated carbocycles. The van der Waals surface area contributed by atoms with E-state index in [-0.39, 0.29) is 29.0 Å². The van der Waals surface area contributed by atoms with E-state index >= 15 is 0 Å². The number of aromatic hydroxyl groups is 1. The molecule has 1 aromatic carbocycles. The lowest BCUT2D eigenvalue weighted by Crippen LogP contribution is -2.31. The number of rotatable bonds is 2. The normalized spacial score (nSPS) is 18.9. The van der Waals surface area contributed by atoms with Crippen molar-refractivity contribution in [1.29, 1.82) is 0 Å². The van der Waals surface area contributed by atoms with Gasteiger partial charge in [-0.3, -0.25) is 9.59 Å². The summed E-state index contributed by atoms with van der Waals surface area (Å²) in [5.74, 6) is -0.898. The predicted molar refractivity (Wildman–Crippen MR) is 66.0 cm³/mol. The third kappa shape index (κ3) is 2.16. The maximum atomic E-state index is 12.2. The second-order valence-corrected chi connectivity index (χ2v) is 4.61. The summed E-state index contributed by atoms with van der Waals surface area (Å²) in [6.07, 6.45) is 0.591. The average Bonchev–Trinajstić information content (AvgIpc) is 2.81. The predicted octanol–water partition coefficient (Wildman–Crippen LogP) is 0.648. The Labute approximate surface area is 105 Å². The monoisotopic (exact) mass is 248 g/mol. The number of phenolic OH excluding ortho intramolecular Hbond substituents is 1. The lowest BCUT2D eigenvalue weighted by Gasteiger charge is -2.17. The molecule has 18 heavy (non-hydrogen) atoms. The molecule has 1 atom stereocenters. The van der Waals surface area contributed by atoms with Gasteiger partial charge >= 0.3 is 0 Å². The molecule has 1 aliphatic heterocycles. The number of carbonyl (C=O) groups is 2. The molecule has 2 amide bonds. The van der Waals surface area contributed by atoms with E-state index in [0.717, 1.165) is 0 Å². The quantitative estimate of drug-likeness (QED) is 0.806. The van der Waals surface area contributed by atoms with Crippen LogP contribution < -0.4 is 5.73 Å². The fourth-order valence-electron chi connectivity index (χ4n) is 2.18. The third-order valence-electron chi connectivity index (χ3n) is 3.35. The molecule has 1 heterocycles. The summed E-state index contributed by atoms with van der Waals surface area (Å²) in [5.41, 5.74) is 6.16. The van der Waals surface area contributed by atoms with Crippen LogP contribution in [0.15, 0.2) is 18.2 Å². The number of aryl methyl sites for hydroxylation is 1. The van der Waals surface area contributed by atoms with Gasteiger partial charge in [0.15, 0.2) is 0 Å². The molecule has 1 aliphatic rings. The van der Waals surface area contributed by atoms with Crippen molar-refractivity contribution in [3.05, 3.63) is 29.3 Å². The van der Waals surface area contributed by atoms with E-state index in [1.165, 1.54) is 0 Å². The SMILES string of the molecule is Cc1cccc(C(=O)N2CCC(C(N)=O)C2)c1O. The first-order chi connectivity index (χ1) is 8.50. The minimum Gasteiger partial charge on any atom is -0.507 e. The molecule has 2 rings (SSSR count). The van der Waals surface area contributed by atoms with E-state index in [0.29, 0.717) is 25.1 Å². The second kappa shape index (κ2) is 4.68. The number of hydrogen-bond acceptors (Lipinski definition) is 3. The van der Waals surface area contributed by atoms with Crippen LogP contribution in [-0.2, 0) is 4.79 Å². The van der Waals surface area contributed by atoms with Gasteiger partial charge in [-0.05, 0) is 25.0 Å². The molecule has 1 fully saturated rings. The molecule has 96 valence electrons. The minimum absolute atomic E-state index is 0.00465. The topological polar surface area (TPSA) is 83.6 Å². The average molecular weight is 248 g/mol. The highest BCUT2D eigenvalue weighted by Gasteiger charge is 2.31. The second-order valence-electron chi connectivity index (χ2n) is 4.61. The Morgan fingerprint density at radius 1 is 1.44 bits per heavy atom. The number of para-hydroxylation sites is 1. The number of benzene rings is 1. The van der Waals surface area contributed by atoms with Gasteiger partial charge in [0.05, 0.1) is 11.5 Å². The van der Waals surface area contributed by atoms with Gasteiger partial charge in [-0.2, -0.15) is 0 Å². The van der Waals surface area contributed by atoms with E-state index in [1.54, 1.807) is 30.0 Å². The van der Waals surface area contributed by atoms with Gasteiger partial charge in [0.25, 0.3) is 5.91 Å². The highest BCUT2D eigenvalue weighted by atomic mass is 16.3. The largest absolute Gasteiger partial charge is 0.507 e. The summed E-state index contributed by atoms with van der Waals surface area (Å²) in [6, 6.07) is 5.05. The van der Waals surface area contributed by atoms with Crippen LogP contribution in [0.4, 0.5) is 0 Å². The molecular weight excluding hydrogens is 232 g/mol. The van der Waals surface area contributed by atoms with Crippen LogP contribution in [-0.4, -0.2) is 34.9 Å². The summed E-state index contributed by atoms with van der Waals surface area (Å²) in [4.78, 5) is 24.8. The smallest absolute Gasteiger partial charge is 0.257 e. The molecule has 1 saturated heterocycles. The Morgan fingerprint density at radius 2 is 2.17 bits per heavy atom. The first kappa shape index (κ1) is 12.4. The van der Waals surface area contributed by atoms with Crippen LogP contribution in [0.5, 0.6) is 5.75 Å². The Balaban J connectivity index is 2.18. The van der Waals surface area contributed by atoms with Crippen molar-refractivity contribution in [3.63, 3.8) is 0 Å². The van der Waals surface area contributed by atoms with Crippen LogP contribution in [0.1, 0.15) is 22.3 Å². The van der Waals surface area contributed by atoms with Crippen LogP contribution in [0.2, 0.25) is 0 Å². The summed E-state index contributed by atoms with van der Waals surface area (Å²) in [6.45, 7) is 2.57. The molecule has 1 unspecified atom stereocenters. The fraction of sp³-hybridized carbons (Fsp3) is 0.385. The lowest BCUT2D eigenvalue weighted by atomic mass is 10.1. The number of nitrogens with zero attached hydrogens (tertiary/aromatic N) is 1. The molecule has 0 radical (unpaired) electrons. The van der Waals surface area contributed by atoms with Gasteiger partial charge in [-0.25, -0.2) is 0 Å². The van der Waals surface area contributed by atoms with Crippen LogP contribution in [0, 0.1) is 12.8 Å². The number of carbonyl (C=O) groups excluding carboxylic acids is 2. The van der Waals surface area contributed by atoms with E-state index in [2.05, 4.69) is 0 Å². The highest BCUT2D eigenvalue weighted by molar-refractivity contribution is 5.97. The molecule has 5 heteroatoms. The Morgan fingerprint density at radius 3 is 2.78 bits per heavy atom. The van der Waals surface area contributed by atoms with Gasteiger partial charge in [0.1, 0.15) is 5.75 Å². The van der Waals surface area contributed by atoms with Crippen molar-refractivity contribution in [3.8, 4) is 5.75 Å². The zero-order chi connectivity index (χ0) is 13.3. The molecule has 0 aliphatic carbocycles. The molecule has 0 bridgehead atoms. The molecule has 3 N–H and O–H groups in total. The minimum atomic E-state index is -0.376. The zero-order valence-electron chi connectivity index (χ0n) is 10.2. The fourth-order valence-corrected chi connectivity index (χ4v) is 2.18. The van der Waals surface area contributed by atoms with Crippen molar-refractivity contribution < 1.29 is 14.7 Å². The van der Waals surface area contributed by atoms with Gasteiger partial charge in [0.2, 0.25) is 5.91 Å². The van der Waals surface area contributed by atoms with Crippen LogP contribution in [0.25, 0.3) is 0 Å². The van der Waals surface area contributed by atoms with Gasteiger partial charge in [0, 0.05) is 13.1 Å². The van der Waals surface area contributed by atoms with Gasteiger partial charge in [-0.15, -0.1) is 0 Å². The first-order valence-corrected chi connectivity index (χ1v) is 5.88. The highest BCUT2D eigenvalue weighted by Crippen LogP contribution is 2.25. The number of likely N-dealkylation sites (tertiary alicyclic amines) is 1. The van der Waals surface area contributed by atoms with E-state index < -0.39 is 0 Å². The van der Waals surface area contributed by atoms with E-state index in [9.17, 15) is 14.7 Å². The van der Waals surface area contributed by atoms with Crippen molar-refractivity contribution in [2.24, 2.45) is 11.7 Å². The first-order valence-electron chi connectivity index (χ1n) is 5.88. The lowest BCUT2D eigenvalue weighted by molar-refractivity contribution is -0.121. The number of hydrogen-bond donors (Lipinski definition) is 2. The summed E-state index contributed by atoms with van der Waals surface area (Å²) < 4.78 is 0. The van der Waals surface area contributed by atoms with Gasteiger partial charge in [-0.1, -0.05) is 12.1 Å². The summed E-state index contributed by atoms with van der Waals surface area (Å²) >= 11 is 0.